The number of ether oxygens (including phenoxy) is 1. The van der Waals surface area contributed by atoms with Crippen LogP contribution in [0.2, 0.25) is 0 Å². The van der Waals surface area contributed by atoms with Crippen LogP contribution in [-0.4, -0.2) is 30.1 Å². The molecule has 1 amide bonds. The second kappa shape index (κ2) is 6.39. The molecule has 0 saturated heterocycles. The molecule has 0 aliphatic carbocycles. The van der Waals surface area contributed by atoms with Crippen LogP contribution in [0.5, 0.6) is 5.75 Å². The Kier molecular flexibility index (Phi) is 4.86. The Balaban J connectivity index is 2.58. The van der Waals surface area contributed by atoms with Crippen molar-refractivity contribution >= 4 is 11.9 Å². The number of nitrogens with one attached hydrogen (secondary N) is 1. The summed E-state index contributed by atoms with van der Waals surface area (Å²) in [5.74, 6) is -2.56. The third-order valence-corrected chi connectivity index (χ3v) is 1.98. The van der Waals surface area contributed by atoms with Crippen LogP contribution in [0.3, 0.4) is 0 Å². The second-order valence-corrected chi connectivity index (χ2v) is 3.33. The van der Waals surface area contributed by atoms with E-state index < -0.39 is 17.3 Å². The van der Waals surface area contributed by atoms with Crippen LogP contribution in [0.1, 0.15) is 10.4 Å². The zero-order valence-corrected chi connectivity index (χ0v) is 9.48. The van der Waals surface area contributed by atoms with E-state index in [1.165, 1.54) is 12.1 Å². The highest BCUT2D eigenvalue weighted by Gasteiger charge is 2.11. The Hall–Kier alpha value is -2.37. The number of carboxylic acids is 1. The summed E-state index contributed by atoms with van der Waals surface area (Å²) >= 11 is 0. The van der Waals surface area contributed by atoms with E-state index in [2.05, 4.69) is 11.9 Å². The molecule has 0 aromatic heterocycles. The number of benzene rings is 1. The van der Waals surface area contributed by atoms with Gasteiger partial charge in [-0.15, -0.1) is 6.58 Å². The van der Waals surface area contributed by atoms with Gasteiger partial charge in [-0.2, -0.15) is 0 Å². The molecule has 2 N–H and O–H groups in total. The highest BCUT2D eigenvalue weighted by Crippen LogP contribution is 2.16. The summed E-state index contributed by atoms with van der Waals surface area (Å²) in [5.41, 5.74) is -0.446. The van der Waals surface area contributed by atoms with Crippen molar-refractivity contribution in [1.29, 1.82) is 0 Å². The number of rotatable bonds is 6. The molecule has 0 fully saturated rings. The van der Waals surface area contributed by atoms with Crippen molar-refractivity contribution in [1.82, 2.24) is 5.32 Å². The fourth-order valence-electron chi connectivity index (χ4n) is 1.14. The average Bonchev–Trinajstić information content (AvgIpc) is 2.33. The van der Waals surface area contributed by atoms with E-state index in [-0.39, 0.29) is 18.3 Å². The molecule has 1 aromatic carbocycles. The first kappa shape index (κ1) is 13.7. The number of carbonyl (C=O) groups excluding carboxylic acids is 1. The molecule has 1 aromatic rings. The quantitative estimate of drug-likeness (QED) is 0.747. The minimum Gasteiger partial charge on any atom is -0.484 e. The van der Waals surface area contributed by atoms with Crippen molar-refractivity contribution in [3.63, 3.8) is 0 Å². The smallest absolute Gasteiger partial charge is 0.338 e. The van der Waals surface area contributed by atoms with Gasteiger partial charge >= 0.3 is 5.97 Å². The van der Waals surface area contributed by atoms with Gasteiger partial charge in [0.2, 0.25) is 0 Å². The van der Waals surface area contributed by atoms with Crippen molar-refractivity contribution in [2.75, 3.05) is 13.2 Å². The van der Waals surface area contributed by atoms with E-state index in [1.807, 2.05) is 0 Å². The van der Waals surface area contributed by atoms with Gasteiger partial charge in [0.25, 0.3) is 5.91 Å². The molecule has 0 bridgehead atoms. The maximum atomic E-state index is 13.3. The summed E-state index contributed by atoms with van der Waals surface area (Å²) in [6.45, 7) is 3.46. The van der Waals surface area contributed by atoms with Crippen LogP contribution >= 0.6 is 0 Å². The molecule has 0 atom stereocenters. The molecule has 0 aliphatic heterocycles. The first-order valence-electron chi connectivity index (χ1n) is 5.08. The average molecular weight is 253 g/mol. The van der Waals surface area contributed by atoms with E-state index in [9.17, 15) is 14.0 Å². The molecular formula is C12H12FNO4. The van der Waals surface area contributed by atoms with Gasteiger partial charge in [0, 0.05) is 12.6 Å². The second-order valence-electron chi connectivity index (χ2n) is 3.33. The summed E-state index contributed by atoms with van der Waals surface area (Å²) in [6.07, 6.45) is 1.51. The topological polar surface area (TPSA) is 75.6 Å². The maximum absolute atomic E-state index is 13.3. The van der Waals surface area contributed by atoms with Crippen molar-refractivity contribution in [2.24, 2.45) is 0 Å². The lowest BCUT2D eigenvalue weighted by Gasteiger charge is -2.07. The standard InChI is InChI=1S/C12H12FNO4/c1-2-5-14-11(15)7-18-8-3-4-9(12(16)17)10(13)6-8/h2-4,6H,1,5,7H2,(H,14,15)(H,16,17). The van der Waals surface area contributed by atoms with E-state index >= 15 is 0 Å². The first-order valence-corrected chi connectivity index (χ1v) is 5.08. The Morgan fingerprint density at radius 1 is 1.50 bits per heavy atom. The number of carboxylic acid groups (broad SMARTS) is 1. The van der Waals surface area contributed by atoms with Crippen molar-refractivity contribution in [3.8, 4) is 5.75 Å². The first-order chi connectivity index (χ1) is 8.54. The Bertz CT molecular complexity index is 473. The van der Waals surface area contributed by atoms with Gasteiger partial charge in [0.15, 0.2) is 6.61 Å². The summed E-state index contributed by atoms with van der Waals surface area (Å²) in [6, 6.07) is 3.28. The van der Waals surface area contributed by atoms with E-state index in [0.717, 1.165) is 12.1 Å². The summed E-state index contributed by atoms with van der Waals surface area (Å²) < 4.78 is 18.3. The lowest BCUT2D eigenvalue weighted by atomic mass is 10.2. The fraction of sp³-hybridized carbons (Fsp3) is 0.167. The fourth-order valence-corrected chi connectivity index (χ4v) is 1.14. The molecule has 6 heteroatoms. The Morgan fingerprint density at radius 3 is 2.78 bits per heavy atom. The largest absolute Gasteiger partial charge is 0.484 e. The van der Waals surface area contributed by atoms with Gasteiger partial charge in [-0.05, 0) is 12.1 Å². The highest BCUT2D eigenvalue weighted by atomic mass is 19.1. The van der Waals surface area contributed by atoms with Gasteiger partial charge in [0.1, 0.15) is 11.6 Å². The van der Waals surface area contributed by atoms with E-state index in [4.69, 9.17) is 9.84 Å². The molecule has 0 heterocycles. The van der Waals surface area contributed by atoms with Crippen LogP contribution in [0, 0.1) is 5.82 Å². The minimum absolute atomic E-state index is 0.0891. The molecule has 0 saturated carbocycles. The Labute approximate surface area is 103 Å². The van der Waals surface area contributed by atoms with E-state index in [1.54, 1.807) is 0 Å². The lowest BCUT2D eigenvalue weighted by molar-refractivity contribution is -0.122. The number of aromatic carboxylic acids is 1. The zero-order chi connectivity index (χ0) is 13.5. The highest BCUT2D eigenvalue weighted by molar-refractivity contribution is 5.88. The number of amides is 1. The normalized spacial score (nSPS) is 9.61. The van der Waals surface area contributed by atoms with Crippen molar-refractivity contribution < 1.29 is 23.8 Å². The van der Waals surface area contributed by atoms with Crippen LogP contribution in [0.4, 0.5) is 4.39 Å². The molecular weight excluding hydrogens is 241 g/mol. The molecule has 1 rings (SSSR count). The van der Waals surface area contributed by atoms with E-state index in [0.29, 0.717) is 6.54 Å². The number of hydrogen-bond donors (Lipinski definition) is 2. The summed E-state index contributed by atoms with van der Waals surface area (Å²) in [4.78, 5) is 21.7. The van der Waals surface area contributed by atoms with Gasteiger partial charge in [-0.1, -0.05) is 6.08 Å². The van der Waals surface area contributed by atoms with Gasteiger partial charge in [-0.3, -0.25) is 4.79 Å². The SMILES string of the molecule is C=CCNC(=O)COc1ccc(C(=O)O)c(F)c1. The predicted octanol–water partition coefficient (Wildman–Crippen LogP) is 1.20. The minimum atomic E-state index is -1.36. The van der Waals surface area contributed by atoms with Gasteiger partial charge in [-0.25, -0.2) is 9.18 Å². The van der Waals surface area contributed by atoms with Crippen LogP contribution in [0.25, 0.3) is 0 Å². The lowest BCUT2D eigenvalue weighted by Crippen LogP contribution is -2.28. The third kappa shape index (κ3) is 3.89. The molecule has 0 radical (unpaired) electrons. The molecule has 5 nitrogen and oxygen atoms in total. The monoisotopic (exact) mass is 253 g/mol. The zero-order valence-electron chi connectivity index (χ0n) is 9.48. The molecule has 0 unspecified atom stereocenters. The number of hydrogen-bond acceptors (Lipinski definition) is 3. The number of carbonyl (C=O) groups is 2. The summed E-state index contributed by atoms with van der Waals surface area (Å²) in [5, 5.41) is 11.1. The third-order valence-electron chi connectivity index (χ3n) is 1.98. The van der Waals surface area contributed by atoms with Crippen molar-refractivity contribution in [2.45, 2.75) is 0 Å². The maximum Gasteiger partial charge on any atom is 0.338 e. The van der Waals surface area contributed by atoms with Crippen LogP contribution < -0.4 is 10.1 Å². The van der Waals surface area contributed by atoms with Gasteiger partial charge in [0.05, 0.1) is 5.56 Å². The molecule has 18 heavy (non-hydrogen) atoms. The molecule has 96 valence electrons. The molecule has 0 spiro atoms. The van der Waals surface area contributed by atoms with Crippen molar-refractivity contribution in [3.05, 3.63) is 42.2 Å². The Morgan fingerprint density at radius 2 is 2.22 bits per heavy atom. The molecule has 0 aliphatic rings. The number of halogens is 1. The van der Waals surface area contributed by atoms with Crippen LogP contribution in [0.15, 0.2) is 30.9 Å². The van der Waals surface area contributed by atoms with Gasteiger partial charge < -0.3 is 15.2 Å². The summed E-state index contributed by atoms with van der Waals surface area (Å²) in [7, 11) is 0. The van der Waals surface area contributed by atoms with Crippen LogP contribution in [-0.2, 0) is 4.79 Å². The predicted molar refractivity (Wildman–Crippen MR) is 62.1 cm³/mol.